The summed E-state index contributed by atoms with van der Waals surface area (Å²) in [5, 5.41) is -0.287. The molecular weight excluding hydrogens is 519 g/mol. The molecule has 2 aromatic carbocycles. The Labute approximate surface area is 237 Å². The van der Waals surface area contributed by atoms with Crippen molar-refractivity contribution in [2.45, 2.75) is 34.3 Å². The molecule has 1 atom stereocenters. The Kier molecular flexibility index (Phi) is 6.98. The number of nitrogens with zero attached hydrogens (tertiary/aromatic N) is 2. The molecule has 2 aliphatic rings. The monoisotopic (exact) mass is 545 g/mol. The van der Waals surface area contributed by atoms with E-state index in [4.69, 9.17) is 11.6 Å². The Morgan fingerprint density at radius 3 is 2.18 bits per heavy atom. The van der Waals surface area contributed by atoms with E-state index in [-0.39, 0.29) is 17.5 Å². The van der Waals surface area contributed by atoms with Crippen LogP contribution < -0.4 is 5.32 Å². The highest BCUT2D eigenvalue weighted by atomic mass is 35.5. The molecule has 0 aromatic heterocycles. The van der Waals surface area contributed by atoms with Crippen LogP contribution in [-0.4, -0.2) is 94.4 Å². The summed E-state index contributed by atoms with van der Waals surface area (Å²) in [4.78, 5) is 54.4. The van der Waals surface area contributed by atoms with Crippen LogP contribution in [-0.2, 0) is 32.2 Å². The Balaban J connectivity index is 1.63. The molecule has 4 rings (SSSR count). The number of hydrogen-bond acceptors (Lipinski definition) is 4. The zero-order valence-corrected chi connectivity index (χ0v) is 23.7. The number of nitrogens with one attached hydrogen (secondary N) is 1. The van der Waals surface area contributed by atoms with E-state index in [2.05, 4.69) is 5.32 Å². The third-order valence-electron chi connectivity index (χ3n) is 8.92. The van der Waals surface area contributed by atoms with Gasteiger partial charge in [0.2, 0.25) is 19.8 Å². The lowest BCUT2D eigenvalue weighted by atomic mass is 9.26. The smallest absolute Gasteiger partial charge is 0.348 e. The number of amides is 4. The molecule has 0 radical (unpaired) electrons. The second kappa shape index (κ2) is 9.35. The van der Waals surface area contributed by atoms with Gasteiger partial charge in [-0.15, -0.1) is 0 Å². The van der Waals surface area contributed by atoms with Crippen LogP contribution in [0, 0.1) is 0 Å². The molecule has 0 aliphatic carbocycles. The average molecular weight is 545 g/mol. The van der Waals surface area contributed by atoms with Gasteiger partial charge in [-0.25, -0.2) is 0 Å². The molecule has 2 aromatic rings. The molecule has 1 unspecified atom stereocenters. The van der Waals surface area contributed by atoms with Crippen molar-refractivity contribution >= 4 is 90.3 Å². The Bertz CT molecular complexity index is 1410. The summed E-state index contributed by atoms with van der Waals surface area (Å²) in [5.41, 5.74) is 1.06. The Morgan fingerprint density at radius 2 is 1.59 bits per heavy atom. The first-order valence-corrected chi connectivity index (χ1v) is 12.9. The molecule has 17 heteroatoms. The van der Waals surface area contributed by atoms with Crippen molar-refractivity contribution in [2.75, 3.05) is 0 Å². The first-order valence-electron chi connectivity index (χ1n) is 12.6. The summed E-state index contributed by atoms with van der Waals surface area (Å²) in [5.74, 6) is -6.47. The van der Waals surface area contributed by atoms with Crippen molar-refractivity contribution in [3.8, 4) is 0 Å². The third kappa shape index (κ3) is 4.44. The molecule has 1 fully saturated rings. The SMILES string of the molecule is BN(C(=O)C(F)(F)c1ccc(Cl)cc1)C(B)(B)c1ccc2c(c1)CN(C1C(=O)NC(=O)C(B)(B)C1(B)B)C2=O. The van der Waals surface area contributed by atoms with Crippen molar-refractivity contribution in [1.29, 1.82) is 0 Å². The topological polar surface area (TPSA) is 86.8 Å². The second-order valence-corrected chi connectivity index (χ2v) is 12.3. The number of rotatable bonds is 5. The van der Waals surface area contributed by atoms with E-state index in [9.17, 15) is 19.2 Å². The van der Waals surface area contributed by atoms with Crippen LogP contribution >= 0.6 is 11.6 Å². The summed E-state index contributed by atoms with van der Waals surface area (Å²) in [7, 11) is 11.7. The maximum absolute atomic E-state index is 15.2. The van der Waals surface area contributed by atoms with Crippen LogP contribution in [0.5, 0.6) is 0 Å². The van der Waals surface area contributed by atoms with Gasteiger partial charge in [-0.2, -0.15) is 8.78 Å². The van der Waals surface area contributed by atoms with Crippen LogP contribution in [0.4, 0.5) is 8.78 Å². The minimum Gasteiger partial charge on any atom is -0.393 e. The van der Waals surface area contributed by atoms with E-state index in [1.807, 2.05) is 0 Å². The number of benzene rings is 2. The molecule has 0 saturated carbocycles. The first-order chi connectivity index (χ1) is 17.8. The number of imide groups is 1. The predicted molar refractivity (Wildman–Crippen MR) is 162 cm³/mol. The van der Waals surface area contributed by atoms with Gasteiger partial charge in [0.15, 0.2) is 0 Å². The van der Waals surface area contributed by atoms with Crippen molar-refractivity contribution < 1.29 is 28.0 Å². The molecule has 39 heavy (non-hydrogen) atoms. The van der Waals surface area contributed by atoms with Crippen molar-refractivity contribution in [3.05, 3.63) is 69.7 Å². The van der Waals surface area contributed by atoms with E-state index in [1.165, 1.54) is 25.0 Å². The fourth-order valence-electron chi connectivity index (χ4n) is 5.20. The second-order valence-electron chi connectivity index (χ2n) is 11.9. The van der Waals surface area contributed by atoms with Crippen molar-refractivity contribution in [3.63, 3.8) is 0 Å². The van der Waals surface area contributed by atoms with Gasteiger partial charge in [0.1, 0.15) is 53.1 Å². The molecular formula is C22H25B7ClF2N3O4. The number of carbonyl (C=O) groups is 4. The summed E-state index contributed by atoms with van der Waals surface area (Å²) < 4.78 is 30.3. The lowest BCUT2D eigenvalue weighted by Gasteiger charge is -2.52. The molecule has 4 amide bonds. The number of piperidine rings is 1. The van der Waals surface area contributed by atoms with Gasteiger partial charge in [-0.05, 0) is 39.9 Å². The van der Waals surface area contributed by atoms with Crippen LogP contribution in [0.2, 0.25) is 15.5 Å². The summed E-state index contributed by atoms with van der Waals surface area (Å²) in [6.45, 7) is 0.0997. The fourth-order valence-corrected chi connectivity index (χ4v) is 5.33. The zero-order chi connectivity index (χ0) is 29.3. The van der Waals surface area contributed by atoms with Crippen molar-refractivity contribution in [1.82, 2.24) is 15.0 Å². The molecule has 0 spiro atoms. The molecule has 7 nitrogen and oxygen atoms in total. The Hall–Kier alpha value is -2.88. The summed E-state index contributed by atoms with van der Waals surface area (Å²) in [6.07, 6.45) is 0. The molecule has 1 saturated heterocycles. The van der Waals surface area contributed by atoms with E-state index in [0.717, 1.165) is 16.9 Å². The number of hydrogen-bond donors (Lipinski definition) is 1. The maximum atomic E-state index is 15.2. The highest BCUT2D eigenvalue weighted by molar-refractivity contribution is 6.63. The van der Waals surface area contributed by atoms with Gasteiger partial charge in [0.25, 0.3) is 11.8 Å². The van der Waals surface area contributed by atoms with E-state index in [1.54, 1.807) is 65.3 Å². The van der Waals surface area contributed by atoms with Gasteiger partial charge in [0, 0.05) is 22.7 Å². The van der Waals surface area contributed by atoms with E-state index in [0.29, 0.717) is 16.7 Å². The first kappa shape index (κ1) is 29.1. The summed E-state index contributed by atoms with van der Waals surface area (Å²) >= 11 is 5.81. The molecule has 1 N–H and O–H groups in total. The number of fused-ring (bicyclic) bond motifs is 1. The normalized spacial score (nSPS) is 20.3. The minimum absolute atomic E-state index is 0.0997. The maximum Gasteiger partial charge on any atom is 0.348 e. The standard InChI is InChI=1S/C22H25B7ClF2N3O4/c23-20(24)14(15(36)33-17(38)21(20,25)26)34-8-9-7-11(3-6-13(9)16(34)37)22(27,28)35(29)18(39)19(31,32)10-1-4-12(30)5-2-10/h1-7,14H,8,23-29H2,(H,33,36,38). The number of carbonyl (C=O) groups excluding carboxylic acids is 4. The highest BCUT2D eigenvalue weighted by Gasteiger charge is 2.57. The van der Waals surface area contributed by atoms with E-state index >= 15 is 8.78 Å². The summed E-state index contributed by atoms with van der Waals surface area (Å²) in [6, 6.07) is 8.88. The zero-order valence-electron chi connectivity index (χ0n) is 23.0. The molecule has 2 aliphatic heterocycles. The molecule has 2 heterocycles. The van der Waals surface area contributed by atoms with Gasteiger partial charge in [-0.1, -0.05) is 41.1 Å². The van der Waals surface area contributed by atoms with Crippen LogP contribution in [0.3, 0.4) is 0 Å². The van der Waals surface area contributed by atoms with Crippen LogP contribution in [0.1, 0.15) is 27.0 Å². The molecule has 194 valence electrons. The quantitative estimate of drug-likeness (QED) is 0.305. The van der Waals surface area contributed by atoms with Gasteiger partial charge < -0.3 is 9.71 Å². The third-order valence-corrected chi connectivity index (χ3v) is 9.17. The molecule has 0 bridgehead atoms. The predicted octanol–water partition coefficient (Wildman–Crippen LogP) is -4.37. The Morgan fingerprint density at radius 1 is 1.03 bits per heavy atom. The fraction of sp³-hybridized carbons (Fsp3) is 0.273. The minimum atomic E-state index is -3.79. The van der Waals surface area contributed by atoms with Gasteiger partial charge in [-0.3, -0.25) is 24.5 Å². The average Bonchev–Trinajstić information content (AvgIpc) is 3.17. The van der Waals surface area contributed by atoms with Gasteiger partial charge >= 0.3 is 5.92 Å². The largest absolute Gasteiger partial charge is 0.393 e. The lowest BCUT2D eigenvalue weighted by Crippen LogP contribution is -2.66. The van der Waals surface area contributed by atoms with Crippen molar-refractivity contribution in [2.24, 2.45) is 0 Å². The lowest BCUT2D eigenvalue weighted by molar-refractivity contribution is -0.155. The highest BCUT2D eigenvalue weighted by Crippen LogP contribution is 2.50. The van der Waals surface area contributed by atoms with E-state index < -0.39 is 51.0 Å². The van der Waals surface area contributed by atoms with Gasteiger partial charge in [0.05, 0.1) is 0 Å². The number of alkyl halides is 2. The van der Waals surface area contributed by atoms with Crippen LogP contribution in [0.15, 0.2) is 42.5 Å². The number of halogens is 3. The van der Waals surface area contributed by atoms with Crippen LogP contribution in [0.25, 0.3) is 0 Å².